The van der Waals surface area contributed by atoms with Crippen LogP contribution in [0.2, 0.25) is 0 Å². The van der Waals surface area contributed by atoms with Crippen molar-refractivity contribution in [2.75, 3.05) is 12.4 Å². The number of amides is 1. The van der Waals surface area contributed by atoms with E-state index in [9.17, 15) is 14.4 Å². The summed E-state index contributed by atoms with van der Waals surface area (Å²) in [6.07, 6.45) is -1.18. The molecular formula is C30H24N2O5. The van der Waals surface area contributed by atoms with Crippen LogP contribution in [0.3, 0.4) is 0 Å². The van der Waals surface area contributed by atoms with Gasteiger partial charge in [-0.25, -0.2) is 0 Å². The van der Waals surface area contributed by atoms with E-state index >= 15 is 0 Å². The van der Waals surface area contributed by atoms with Crippen molar-refractivity contribution in [2.24, 2.45) is 0 Å². The third-order valence-electron chi connectivity index (χ3n) is 6.09. The van der Waals surface area contributed by atoms with E-state index in [1.165, 1.54) is 0 Å². The molecular weight excluding hydrogens is 468 g/mol. The molecule has 0 fully saturated rings. The molecule has 0 saturated carbocycles. The first-order valence-corrected chi connectivity index (χ1v) is 11.7. The van der Waals surface area contributed by atoms with Gasteiger partial charge in [-0.2, -0.15) is 0 Å². The number of ether oxygens (including phenoxy) is 2. The Labute approximate surface area is 212 Å². The summed E-state index contributed by atoms with van der Waals surface area (Å²) in [7, 11) is 1.54. The van der Waals surface area contributed by atoms with Gasteiger partial charge in [0.15, 0.2) is 5.43 Å². The number of aromatic nitrogens is 1. The Morgan fingerprint density at radius 3 is 2.08 bits per heavy atom. The number of hydrogen-bond acceptors (Lipinski definition) is 5. The highest BCUT2D eigenvalue weighted by Gasteiger charge is 2.26. The summed E-state index contributed by atoms with van der Waals surface area (Å²) in [5, 5.41) is 3.81. The minimum absolute atomic E-state index is 0.101. The second-order valence-electron chi connectivity index (χ2n) is 8.45. The standard InChI is InChI=1S/C30H24N2O5/c1-36-22-13-9-12-21(18-22)31-30(35)29(20-10-3-2-4-11-20)37-27(33)19-32-25-16-7-5-14-23(25)28(34)24-15-6-8-17-26(24)32/h2-18,29H,19H2,1H3,(H,31,35). The zero-order chi connectivity index (χ0) is 25.8. The second kappa shape index (κ2) is 10.4. The lowest BCUT2D eigenvalue weighted by atomic mass is 10.1. The average molecular weight is 493 g/mol. The van der Waals surface area contributed by atoms with Crippen molar-refractivity contribution < 1.29 is 19.1 Å². The molecule has 7 nitrogen and oxygen atoms in total. The fraction of sp³-hybridized carbons (Fsp3) is 0.100. The molecule has 7 heteroatoms. The van der Waals surface area contributed by atoms with Crippen LogP contribution in [0.25, 0.3) is 21.8 Å². The number of rotatable bonds is 7. The maximum absolute atomic E-state index is 13.3. The number of anilines is 1. The van der Waals surface area contributed by atoms with Crippen LogP contribution >= 0.6 is 0 Å². The summed E-state index contributed by atoms with van der Waals surface area (Å²) in [6, 6.07) is 30.0. The summed E-state index contributed by atoms with van der Waals surface area (Å²) >= 11 is 0. The van der Waals surface area contributed by atoms with E-state index in [2.05, 4.69) is 5.32 Å². The van der Waals surface area contributed by atoms with Crippen molar-refractivity contribution in [2.45, 2.75) is 12.6 Å². The molecule has 37 heavy (non-hydrogen) atoms. The zero-order valence-corrected chi connectivity index (χ0v) is 20.1. The summed E-state index contributed by atoms with van der Waals surface area (Å²) in [6.45, 7) is -0.183. The predicted octanol–water partition coefficient (Wildman–Crippen LogP) is 5.09. The van der Waals surface area contributed by atoms with E-state index in [-0.39, 0.29) is 12.0 Å². The number of para-hydroxylation sites is 2. The number of benzene rings is 4. The van der Waals surface area contributed by atoms with Crippen LogP contribution in [-0.4, -0.2) is 23.6 Å². The molecule has 0 radical (unpaired) electrons. The molecule has 1 atom stereocenters. The van der Waals surface area contributed by atoms with Gasteiger partial charge in [-0.05, 0) is 36.4 Å². The van der Waals surface area contributed by atoms with Crippen molar-refractivity contribution >= 4 is 39.4 Å². The summed E-state index contributed by atoms with van der Waals surface area (Å²) in [4.78, 5) is 39.6. The number of methoxy groups -OCH3 is 1. The Morgan fingerprint density at radius 1 is 0.811 bits per heavy atom. The lowest BCUT2D eigenvalue weighted by Gasteiger charge is -2.20. The number of carbonyl (C=O) groups is 2. The average Bonchev–Trinajstić information content (AvgIpc) is 2.94. The minimum Gasteiger partial charge on any atom is -0.497 e. The lowest BCUT2D eigenvalue weighted by Crippen LogP contribution is -2.27. The van der Waals surface area contributed by atoms with Crippen molar-refractivity contribution in [3.05, 3.63) is 119 Å². The first-order valence-electron chi connectivity index (χ1n) is 11.7. The molecule has 1 aromatic heterocycles. The molecule has 1 N–H and O–H groups in total. The largest absolute Gasteiger partial charge is 0.497 e. The normalized spacial score (nSPS) is 11.7. The highest BCUT2D eigenvalue weighted by Crippen LogP contribution is 2.24. The fourth-order valence-electron chi connectivity index (χ4n) is 4.35. The van der Waals surface area contributed by atoms with Gasteiger partial charge in [0.2, 0.25) is 6.10 Å². The van der Waals surface area contributed by atoms with Gasteiger partial charge in [0.05, 0.1) is 18.1 Å². The van der Waals surface area contributed by atoms with Gasteiger partial charge in [0.1, 0.15) is 12.3 Å². The van der Waals surface area contributed by atoms with Gasteiger partial charge in [-0.15, -0.1) is 0 Å². The Hall–Kier alpha value is -4.91. The van der Waals surface area contributed by atoms with Gasteiger partial charge >= 0.3 is 5.97 Å². The maximum Gasteiger partial charge on any atom is 0.327 e. The summed E-state index contributed by atoms with van der Waals surface area (Å²) in [5.41, 5.74) is 2.17. The number of carbonyl (C=O) groups excluding carboxylic acids is 2. The molecule has 184 valence electrons. The predicted molar refractivity (Wildman–Crippen MR) is 143 cm³/mol. The van der Waals surface area contributed by atoms with Crippen LogP contribution < -0.4 is 15.5 Å². The Kier molecular flexibility index (Phi) is 6.68. The SMILES string of the molecule is COc1cccc(NC(=O)C(OC(=O)Cn2c3ccccc3c(=O)c3ccccc32)c2ccccc2)c1. The van der Waals surface area contributed by atoms with Crippen LogP contribution in [-0.2, 0) is 20.9 Å². The van der Waals surface area contributed by atoms with E-state index < -0.39 is 18.0 Å². The molecule has 0 aliphatic rings. The molecule has 1 unspecified atom stereocenters. The lowest BCUT2D eigenvalue weighted by molar-refractivity contribution is -0.155. The molecule has 0 aliphatic carbocycles. The van der Waals surface area contributed by atoms with Gasteiger partial charge in [-0.3, -0.25) is 14.4 Å². The number of nitrogens with zero attached hydrogens (tertiary/aromatic N) is 1. The van der Waals surface area contributed by atoms with E-state index in [0.29, 0.717) is 38.8 Å². The first kappa shape index (κ1) is 23.8. The molecule has 5 rings (SSSR count). The Bertz CT molecular complexity index is 1600. The molecule has 1 heterocycles. The topological polar surface area (TPSA) is 86.6 Å². The molecule has 0 saturated heterocycles. The molecule has 5 aromatic rings. The van der Waals surface area contributed by atoms with Crippen LogP contribution in [0.4, 0.5) is 5.69 Å². The van der Waals surface area contributed by atoms with Gasteiger partial charge in [0, 0.05) is 28.1 Å². The van der Waals surface area contributed by atoms with E-state index in [4.69, 9.17) is 9.47 Å². The Morgan fingerprint density at radius 2 is 1.43 bits per heavy atom. The highest BCUT2D eigenvalue weighted by atomic mass is 16.5. The van der Waals surface area contributed by atoms with Crippen LogP contribution in [0.15, 0.2) is 108 Å². The Balaban J connectivity index is 1.47. The molecule has 1 amide bonds. The third-order valence-corrected chi connectivity index (χ3v) is 6.09. The van der Waals surface area contributed by atoms with Crippen molar-refractivity contribution in [3.8, 4) is 5.75 Å². The van der Waals surface area contributed by atoms with Gasteiger partial charge in [-0.1, -0.05) is 60.7 Å². The van der Waals surface area contributed by atoms with Crippen molar-refractivity contribution in [1.82, 2.24) is 4.57 Å². The first-order chi connectivity index (χ1) is 18.0. The van der Waals surface area contributed by atoms with Crippen LogP contribution in [0, 0.1) is 0 Å². The van der Waals surface area contributed by atoms with Gasteiger partial charge in [0.25, 0.3) is 5.91 Å². The number of esters is 1. The molecule has 4 aromatic carbocycles. The zero-order valence-electron chi connectivity index (χ0n) is 20.1. The quantitative estimate of drug-likeness (QED) is 0.253. The maximum atomic E-state index is 13.3. The fourth-order valence-corrected chi connectivity index (χ4v) is 4.35. The van der Waals surface area contributed by atoms with Crippen molar-refractivity contribution in [1.29, 1.82) is 0 Å². The molecule has 0 bridgehead atoms. The van der Waals surface area contributed by atoms with E-state index in [0.717, 1.165) is 0 Å². The highest BCUT2D eigenvalue weighted by molar-refractivity contribution is 5.97. The molecule has 0 aliphatic heterocycles. The second-order valence-corrected chi connectivity index (χ2v) is 8.45. The van der Waals surface area contributed by atoms with E-state index in [1.54, 1.807) is 96.6 Å². The monoisotopic (exact) mass is 492 g/mol. The summed E-state index contributed by atoms with van der Waals surface area (Å²) < 4.78 is 12.8. The number of pyridine rings is 1. The van der Waals surface area contributed by atoms with E-state index in [1.807, 2.05) is 18.2 Å². The summed E-state index contributed by atoms with van der Waals surface area (Å²) in [5.74, 6) is -0.529. The van der Waals surface area contributed by atoms with Crippen LogP contribution in [0.5, 0.6) is 5.75 Å². The smallest absolute Gasteiger partial charge is 0.327 e. The van der Waals surface area contributed by atoms with Crippen LogP contribution in [0.1, 0.15) is 11.7 Å². The third kappa shape index (κ3) is 4.92. The minimum atomic E-state index is -1.18. The van der Waals surface area contributed by atoms with Crippen molar-refractivity contribution in [3.63, 3.8) is 0 Å². The number of fused-ring (bicyclic) bond motifs is 2. The number of nitrogens with one attached hydrogen (secondary N) is 1. The number of hydrogen-bond donors (Lipinski definition) is 1. The van der Waals surface area contributed by atoms with Gasteiger partial charge < -0.3 is 19.4 Å². The molecule has 0 spiro atoms.